The maximum Gasteiger partial charge on any atom is 0.248 e. The number of aryl methyl sites for hydroxylation is 2. The molecule has 1 aromatic carbocycles. The van der Waals surface area contributed by atoms with E-state index < -0.39 is 5.41 Å². The molecular formula is C32H50N2O4. The highest BCUT2D eigenvalue weighted by Crippen LogP contribution is 2.41. The third-order valence-corrected chi connectivity index (χ3v) is 7.95. The number of rotatable bonds is 18. The maximum absolute atomic E-state index is 13.5. The highest BCUT2D eigenvalue weighted by Gasteiger charge is 2.43. The lowest BCUT2D eigenvalue weighted by Gasteiger charge is -2.40. The van der Waals surface area contributed by atoms with Gasteiger partial charge in [0.25, 0.3) is 0 Å². The topological polar surface area (TPSA) is 80.4 Å². The third-order valence-electron chi connectivity index (χ3n) is 7.95. The van der Waals surface area contributed by atoms with E-state index in [1.807, 2.05) is 6.07 Å². The van der Waals surface area contributed by atoms with Gasteiger partial charge in [0, 0.05) is 25.5 Å². The van der Waals surface area contributed by atoms with Crippen molar-refractivity contribution in [2.45, 2.75) is 92.0 Å². The zero-order valence-electron chi connectivity index (χ0n) is 24.5. The van der Waals surface area contributed by atoms with Crippen LogP contribution in [-0.4, -0.2) is 31.7 Å². The van der Waals surface area contributed by atoms with Crippen LogP contribution >= 0.6 is 0 Å². The minimum atomic E-state index is -0.428. The van der Waals surface area contributed by atoms with Gasteiger partial charge in [-0.05, 0) is 73.6 Å². The Kier molecular flexibility index (Phi) is 13.6. The summed E-state index contributed by atoms with van der Waals surface area (Å²) >= 11 is 0. The van der Waals surface area contributed by atoms with E-state index >= 15 is 0 Å². The first kappa shape index (κ1) is 31.6. The summed E-state index contributed by atoms with van der Waals surface area (Å²) in [4.78, 5) is 27.9. The lowest BCUT2D eigenvalue weighted by Crippen LogP contribution is -2.48. The first-order valence-corrected chi connectivity index (χ1v) is 14.4. The highest BCUT2D eigenvalue weighted by atomic mass is 16.5. The van der Waals surface area contributed by atoms with Gasteiger partial charge in [-0.25, -0.2) is 0 Å². The molecule has 0 radical (unpaired) electrons. The molecule has 6 nitrogen and oxygen atoms in total. The summed E-state index contributed by atoms with van der Waals surface area (Å²) in [5.41, 5.74) is 2.80. The van der Waals surface area contributed by atoms with Crippen molar-refractivity contribution in [3.05, 3.63) is 63.6 Å². The van der Waals surface area contributed by atoms with Gasteiger partial charge in [-0.3, -0.25) is 9.59 Å². The molecule has 0 bridgehead atoms. The Balaban J connectivity index is 1.87. The van der Waals surface area contributed by atoms with Crippen LogP contribution in [0.4, 0.5) is 0 Å². The van der Waals surface area contributed by atoms with Gasteiger partial charge >= 0.3 is 0 Å². The zero-order valence-corrected chi connectivity index (χ0v) is 24.5. The molecule has 0 aliphatic heterocycles. The van der Waals surface area contributed by atoms with Crippen molar-refractivity contribution < 1.29 is 14.3 Å². The van der Waals surface area contributed by atoms with Crippen LogP contribution in [0.25, 0.3) is 0 Å². The van der Waals surface area contributed by atoms with Crippen LogP contribution in [-0.2, 0) is 28.9 Å². The smallest absolute Gasteiger partial charge is 0.248 e. The molecule has 0 aliphatic carbocycles. The quantitative estimate of drug-likeness (QED) is 0.218. The second kappa shape index (κ2) is 16.4. The molecule has 0 spiro atoms. The second-order valence-electron chi connectivity index (χ2n) is 11.1. The van der Waals surface area contributed by atoms with Crippen molar-refractivity contribution >= 4 is 5.91 Å². The zero-order chi connectivity index (χ0) is 28.0. The van der Waals surface area contributed by atoms with Gasteiger partial charge in [-0.2, -0.15) is 0 Å². The van der Waals surface area contributed by atoms with Crippen molar-refractivity contribution in [2.75, 3.05) is 20.8 Å². The number of nitrogens with one attached hydrogen (secondary N) is 2. The van der Waals surface area contributed by atoms with Crippen LogP contribution in [0.5, 0.6) is 5.75 Å². The predicted molar refractivity (Wildman–Crippen MR) is 156 cm³/mol. The van der Waals surface area contributed by atoms with Crippen LogP contribution < -0.4 is 15.6 Å². The number of aromatic amines is 1. The Morgan fingerprint density at radius 3 is 2.29 bits per heavy atom. The number of pyridine rings is 1. The number of hydrogen-bond acceptors (Lipinski definition) is 4. The molecule has 0 saturated carbocycles. The molecule has 0 atom stereocenters. The number of carbonyl (C=O) groups is 1. The van der Waals surface area contributed by atoms with Crippen molar-refractivity contribution in [3.63, 3.8) is 0 Å². The van der Waals surface area contributed by atoms with Crippen LogP contribution in [0.3, 0.4) is 0 Å². The van der Waals surface area contributed by atoms with Gasteiger partial charge in [0.15, 0.2) is 0 Å². The number of amides is 1. The second-order valence-corrected chi connectivity index (χ2v) is 11.1. The van der Waals surface area contributed by atoms with E-state index in [0.717, 1.165) is 75.8 Å². The van der Waals surface area contributed by atoms with E-state index in [4.69, 9.17) is 9.47 Å². The summed E-state index contributed by atoms with van der Waals surface area (Å²) in [6, 6.07) is 11.6. The Morgan fingerprint density at radius 1 is 0.921 bits per heavy atom. The molecule has 2 N–H and O–H groups in total. The molecular weight excluding hydrogens is 476 g/mol. The number of unbranched alkanes of at least 4 members (excludes halogenated alkanes) is 4. The number of hydrogen-bond donors (Lipinski definition) is 2. The normalized spacial score (nSPS) is 11.8. The van der Waals surface area contributed by atoms with Gasteiger partial charge in [-0.1, -0.05) is 65.2 Å². The summed E-state index contributed by atoms with van der Waals surface area (Å²) in [7, 11) is 3.49. The molecule has 38 heavy (non-hydrogen) atoms. The molecule has 1 amide bonds. The average molecular weight is 527 g/mol. The number of aromatic nitrogens is 1. The Morgan fingerprint density at radius 2 is 1.63 bits per heavy atom. The Bertz CT molecular complexity index is 1020. The fourth-order valence-electron chi connectivity index (χ4n) is 5.66. The van der Waals surface area contributed by atoms with E-state index in [1.54, 1.807) is 20.3 Å². The molecule has 0 fully saturated rings. The van der Waals surface area contributed by atoms with Crippen molar-refractivity contribution in [1.82, 2.24) is 10.3 Å². The summed E-state index contributed by atoms with van der Waals surface area (Å²) in [5, 5.41) is 3.11. The van der Waals surface area contributed by atoms with E-state index in [9.17, 15) is 9.59 Å². The van der Waals surface area contributed by atoms with Crippen molar-refractivity contribution in [2.24, 2.45) is 17.3 Å². The van der Waals surface area contributed by atoms with E-state index in [0.29, 0.717) is 6.54 Å². The van der Waals surface area contributed by atoms with Gasteiger partial charge in [0.2, 0.25) is 11.5 Å². The third kappa shape index (κ3) is 9.30. The molecule has 0 unspecified atom stereocenters. The van der Waals surface area contributed by atoms with Gasteiger partial charge in [-0.15, -0.1) is 0 Å². The van der Waals surface area contributed by atoms with Crippen LogP contribution in [0.15, 0.2) is 41.2 Å². The SMILES string of the molecule is COCCCCc1cc(CCCCCCC(C(=O)NCc2cccc(=O)[nH]2)(C(C)C)C(C)C)ccc1OC. The number of methoxy groups -OCH3 is 2. The molecule has 2 aromatic rings. The monoisotopic (exact) mass is 526 g/mol. The van der Waals surface area contributed by atoms with Gasteiger partial charge < -0.3 is 19.8 Å². The first-order chi connectivity index (χ1) is 18.2. The highest BCUT2D eigenvalue weighted by molar-refractivity contribution is 5.83. The standard InChI is InChI=1S/C32H50N2O4/c1-24(2)32(25(3)4,31(36)33-23-28-16-13-17-30(35)34-28)20-11-8-7-9-14-26-18-19-29(38-6)27(22-26)15-10-12-21-37-5/h13,16-19,22,24-25H,7-12,14-15,20-21,23H2,1-6H3,(H,33,36)(H,34,35). The first-order valence-electron chi connectivity index (χ1n) is 14.4. The van der Waals surface area contributed by atoms with E-state index in [1.165, 1.54) is 17.2 Å². The summed E-state index contributed by atoms with van der Waals surface area (Å²) < 4.78 is 10.7. The summed E-state index contributed by atoms with van der Waals surface area (Å²) in [5.74, 6) is 1.50. The van der Waals surface area contributed by atoms with Crippen LogP contribution in [0.1, 0.15) is 89.5 Å². The average Bonchev–Trinajstić information content (AvgIpc) is 2.89. The number of ether oxygens (including phenoxy) is 2. The predicted octanol–water partition coefficient (Wildman–Crippen LogP) is 6.46. The minimum absolute atomic E-state index is 0.0865. The molecule has 0 aliphatic rings. The van der Waals surface area contributed by atoms with Crippen molar-refractivity contribution in [1.29, 1.82) is 0 Å². The minimum Gasteiger partial charge on any atom is -0.496 e. The molecule has 1 aromatic heterocycles. The van der Waals surface area contributed by atoms with Gasteiger partial charge in [0.05, 0.1) is 19.1 Å². The fraction of sp³-hybridized carbons (Fsp3) is 0.625. The molecule has 1 heterocycles. The number of H-pyrrole nitrogens is 1. The molecule has 6 heteroatoms. The fourth-order valence-corrected chi connectivity index (χ4v) is 5.66. The van der Waals surface area contributed by atoms with E-state index in [-0.39, 0.29) is 23.3 Å². The van der Waals surface area contributed by atoms with Crippen LogP contribution in [0, 0.1) is 17.3 Å². The lowest BCUT2D eigenvalue weighted by molar-refractivity contribution is -0.138. The molecule has 2 rings (SSSR count). The maximum atomic E-state index is 13.5. The van der Waals surface area contributed by atoms with Gasteiger partial charge in [0.1, 0.15) is 5.75 Å². The van der Waals surface area contributed by atoms with Crippen LogP contribution in [0.2, 0.25) is 0 Å². The molecule has 0 saturated heterocycles. The lowest BCUT2D eigenvalue weighted by atomic mass is 9.65. The Hall–Kier alpha value is -2.60. The summed E-state index contributed by atoms with van der Waals surface area (Å²) in [6.45, 7) is 9.75. The number of carbonyl (C=O) groups excluding carboxylic acids is 1. The van der Waals surface area contributed by atoms with Crippen molar-refractivity contribution in [3.8, 4) is 5.75 Å². The molecule has 212 valence electrons. The summed E-state index contributed by atoms with van der Waals surface area (Å²) in [6.07, 6.45) is 9.51. The van der Waals surface area contributed by atoms with E-state index in [2.05, 4.69) is 56.2 Å². The largest absolute Gasteiger partial charge is 0.496 e. The number of benzene rings is 1. The Labute approximate surface area is 229 Å².